The smallest absolute Gasteiger partial charge is 0.412 e. The summed E-state index contributed by atoms with van der Waals surface area (Å²) in [5, 5.41) is 7.95. The minimum absolute atomic E-state index is 0.00848. The quantitative estimate of drug-likeness (QED) is 0.281. The molecule has 0 aliphatic heterocycles. The summed E-state index contributed by atoms with van der Waals surface area (Å²) < 4.78 is 5.24. The lowest BCUT2D eigenvalue weighted by Gasteiger charge is -2.23. The first-order chi connectivity index (χ1) is 17.7. The monoisotopic (exact) mass is 507 g/mol. The lowest BCUT2D eigenvalue weighted by atomic mass is 10.0. The third kappa shape index (κ3) is 11.1. The Bertz CT molecular complexity index is 1050. The van der Waals surface area contributed by atoms with Gasteiger partial charge in [-0.15, -0.1) is 0 Å². The summed E-state index contributed by atoms with van der Waals surface area (Å²) in [4.78, 5) is 50.3. The molecule has 2 aromatic rings. The van der Waals surface area contributed by atoms with Gasteiger partial charge in [-0.25, -0.2) is 4.79 Å². The average molecular weight is 508 g/mol. The molecule has 0 unspecified atom stereocenters. The topological polar surface area (TPSA) is 114 Å². The van der Waals surface area contributed by atoms with Crippen molar-refractivity contribution in [3.8, 4) is 0 Å². The van der Waals surface area contributed by atoms with E-state index >= 15 is 0 Å². The molecule has 3 N–H and O–H groups in total. The molecule has 2 rings (SSSR count). The second-order valence-corrected chi connectivity index (χ2v) is 9.61. The molecule has 0 saturated heterocycles. The first kappa shape index (κ1) is 29.3. The van der Waals surface area contributed by atoms with E-state index in [9.17, 15) is 19.2 Å². The number of carbonyl (C=O) groups excluding carboxylic acids is 4. The maximum absolute atomic E-state index is 13.1. The summed E-state index contributed by atoms with van der Waals surface area (Å²) in [7, 11) is 0. The molecular formula is C29H37N3O5. The van der Waals surface area contributed by atoms with E-state index in [-0.39, 0.29) is 24.1 Å². The number of nitrogens with one attached hydrogen (secondary N) is 3. The molecule has 0 aliphatic carbocycles. The second kappa shape index (κ2) is 15.2. The van der Waals surface area contributed by atoms with Gasteiger partial charge in [0.1, 0.15) is 24.6 Å². The van der Waals surface area contributed by atoms with E-state index in [0.29, 0.717) is 19.1 Å². The summed E-state index contributed by atoms with van der Waals surface area (Å²) in [6.45, 7) is 7.63. The fraction of sp³-hybridized carbons (Fsp3) is 0.379. The average Bonchev–Trinajstić information content (AvgIpc) is 2.86. The lowest BCUT2D eigenvalue weighted by molar-refractivity contribution is -0.129. The summed E-state index contributed by atoms with van der Waals surface area (Å²) in [5.74, 6) is -1.05. The van der Waals surface area contributed by atoms with Crippen LogP contribution in [0.5, 0.6) is 0 Å². The first-order valence-corrected chi connectivity index (χ1v) is 12.5. The van der Waals surface area contributed by atoms with E-state index in [1.54, 1.807) is 6.08 Å². The van der Waals surface area contributed by atoms with Crippen LogP contribution >= 0.6 is 0 Å². The zero-order chi connectivity index (χ0) is 27.2. The highest BCUT2D eigenvalue weighted by Gasteiger charge is 2.26. The molecule has 0 aliphatic rings. The van der Waals surface area contributed by atoms with Crippen LogP contribution in [0.3, 0.4) is 0 Å². The van der Waals surface area contributed by atoms with E-state index in [2.05, 4.69) is 16.0 Å². The predicted molar refractivity (Wildman–Crippen MR) is 142 cm³/mol. The highest BCUT2D eigenvalue weighted by atomic mass is 16.5. The molecule has 3 amide bonds. The molecule has 198 valence electrons. The van der Waals surface area contributed by atoms with Gasteiger partial charge in [0.25, 0.3) is 5.91 Å². The summed E-state index contributed by atoms with van der Waals surface area (Å²) in [5.41, 5.74) is 1.71. The molecule has 0 spiro atoms. The van der Waals surface area contributed by atoms with E-state index in [1.807, 2.05) is 88.4 Å². The summed E-state index contributed by atoms with van der Waals surface area (Å²) in [6.07, 6.45) is 2.19. The Balaban J connectivity index is 2.07. The van der Waals surface area contributed by atoms with Gasteiger partial charge in [0.15, 0.2) is 0 Å². The Hall–Kier alpha value is -3.94. The van der Waals surface area contributed by atoms with Crippen molar-refractivity contribution in [1.82, 2.24) is 16.0 Å². The number of benzene rings is 2. The van der Waals surface area contributed by atoms with Gasteiger partial charge < -0.3 is 20.2 Å². The molecule has 0 aromatic heterocycles. The third-order valence-corrected chi connectivity index (χ3v) is 5.31. The van der Waals surface area contributed by atoms with Crippen molar-refractivity contribution in [3.05, 3.63) is 83.6 Å². The Morgan fingerprint density at radius 1 is 0.865 bits per heavy atom. The van der Waals surface area contributed by atoms with Crippen LogP contribution < -0.4 is 16.0 Å². The van der Waals surface area contributed by atoms with Gasteiger partial charge in [-0.1, -0.05) is 94.4 Å². The maximum atomic E-state index is 13.1. The van der Waals surface area contributed by atoms with Crippen LogP contribution in [0.4, 0.5) is 4.79 Å². The van der Waals surface area contributed by atoms with Crippen LogP contribution in [-0.2, 0) is 32.1 Å². The van der Waals surface area contributed by atoms with E-state index in [4.69, 9.17) is 4.74 Å². The van der Waals surface area contributed by atoms with Gasteiger partial charge in [-0.3, -0.25) is 14.9 Å². The normalized spacial score (nSPS) is 13.0. The molecule has 0 fully saturated rings. The fourth-order valence-corrected chi connectivity index (χ4v) is 3.60. The van der Waals surface area contributed by atoms with Crippen LogP contribution in [-0.4, -0.2) is 36.3 Å². The Morgan fingerprint density at radius 3 is 2.00 bits per heavy atom. The van der Waals surface area contributed by atoms with Crippen LogP contribution in [0.1, 0.15) is 45.2 Å². The number of hydrogen-bond acceptors (Lipinski definition) is 5. The highest BCUT2D eigenvalue weighted by Crippen LogP contribution is 2.09. The molecule has 8 heteroatoms. The Labute approximate surface area is 218 Å². The molecule has 2 aromatic carbocycles. The number of amides is 3. The van der Waals surface area contributed by atoms with Gasteiger partial charge in [0.2, 0.25) is 5.91 Å². The highest BCUT2D eigenvalue weighted by molar-refractivity contribution is 5.99. The maximum Gasteiger partial charge on any atom is 0.412 e. The molecule has 37 heavy (non-hydrogen) atoms. The first-order valence-electron chi connectivity index (χ1n) is 12.5. The summed E-state index contributed by atoms with van der Waals surface area (Å²) >= 11 is 0. The Morgan fingerprint density at radius 2 is 1.46 bits per heavy atom. The number of carbonyl (C=O) groups is 4. The van der Waals surface area contributed by atoms with Crippen molar-refractivity contribution in [3.63, 3.8) is 0 Å². The standard InChI is InChI=1S/C29H37N3O5/c1-20(2)15-25(27(34)30-24(18-33)17-22-11-7-5-8-12-22)31-28(35)26(16-21(3)4)32-29(36)37-19-23-13-9-6-10-14-23/h5-14,16,18,20-21,24-25H,15,17,19H2,1-4H3,(H,30,34)(H,31,35)(H,32,36)/t24-,25-/m0/s1. The van der Waals surface area contributed by atoms with Gasteiger partial charge in [-0.05, 0) is 35.8 Å². The van der Waals surface area contributed by atoms with Gasteiger partial charge >= 0.3 is 6.09 Å². The van der Waals surface area contributed by atoms with Crippen molar-refractivity contribution in [1.29, 1.82) is 0 Å². The molecule has 0 bridgehead atoms. The second-order valence-electron chi connectivity index (χ2n) is 9.61. The largest absolute Gasteiger partial charge is 0.444 e. The minimum Gasteiger partial charge on any atom is -0.444 e. The summed E-state index contributed by atoms with van der Waals surface area (Å²) in [6, 6.07) is 16.9. The number of hydrogen-bond donors (Lipinski definition) is 3. The Kier molecular flexibility index (Phi) is 12.1. The van der Waals surface area contributed by atoms with Crippen LogP contribution in [0.2, 0.25) is 0 Å². The van der Waals surface area contributed by atoms with Gasteiger partial charge in [0.05, 0.1) is 6.04 Å². The lowest BCUT2D eigenvalue weighted by Crippen LogP contribution is -2.52. The molecule has 0 saturated carbocycles. The third-order valence-electron chi connectivity index (χ3n) is 5.31. The number of alkyl carbamates (subject to hydrolysis) is 1. The van der Waals surface area contributed by atoms with Crippen LogP contribution in [0, 0.1) is 11.8 Å². The van der Waals surface area contributed by atoms with Crippen molar-refractivity contribution in [2.75, 3.05) is 0 Å². The number of ether oxygens (including phenoxy) is 1. The molecule has 8 nitrogen and oxygen atoms in total. The minimum atomic E-state index is -0.900. The molecule has 2 atom stereocenters. The molecular weight excluding hydrogens is 470 g/mol. The van der Waals surface area contributed by atoms with E-state index in [1.165, 1.54) is 0 Å². The van der Waals surface area contributed by atoms with E-state index in [0.717, 1.165) is 11.1 Å². The van der Waals surface area contributed by atoms with Crippen molar-refractivity contribution >= 4 is 24.2 Å². The number of allylic oxidation sites excluding steroid dienone is 1. The van der Waals surface area contributed by atoms with E-state index < -0.39 is 30.0 Å². The molecule has 0 heterocycles. The van der Waals surface area contributed by atoms with Crippen molar-refractivity contribution in [2.24, 2.45) is 11.8 Å². The number of rotatable bonds is 13. The number of aldehydes is 1. The predicted octanol–water partition coefficient (Wildman–Crippen LogP) is 3.91. The molecule has 0 radical (unpaired) electrons. The zero-order valence-corrected chi connectivity index (χ0v) is 21.9. The van der Waals surface area contributed by atoms with Gasteiger partial charge in [-0.2, -0.15) is 0 Å². The zero-order valence-electron chi connectivity index (χ0n) is 21.9. The fourth-order valence-electron chi connectivity index (χ4n) is 3.60. The van der Waals surface area contributed by atoms with Crippen molar-refractivity contribution in [2.45, 2.75) is 59.2 Å². The van der Waals surface area contributed by atoms with Crippen LogP contribution in [0.25, 0.3) is 0 Å². The van der Waals surface area contributed by atoms with Crippen LogP contribution in [0.15, 0.2) is 72.4 Å². The van der Waals surface area contributed by atoms with Crippen molar-refractivity contribution < 1.29 is 23.9 Å². The van der Waals surface area contributed by atoms with Gasteiger partial charge in [0, 0.05) is 0 Å². The SMILES string of the molecule is CC(C)C=C(NC(=O)OCc1ccccc1)C(=O)N[C@@H](CC(C)C)C(=O)N[C@H](C=O)Cc1ccccc1.